The summed E-state index contributed by atoms with van der Waals surface area (Å²) in [6.07, 6.45) is 1.41. The van der Waals surface area contributed by atoms with E-state index in [0.717, 1.165) is 11.1 Å². The van der Waals surface area contributed by atoms with Crippen molar-refractivity contribution in [2.75, 3.05) is 0 Å². The second-order valence-electron chi connectivity index (χ2n) is 4.87. The molecule has 0 saturated heterocycles. The van der Waals surface area contributed by atoms with Gasteiger partial charge >= 0.3 is 5.97 Å². The predicted octanol–water partition coefficient (Wildman–Crippen LogP) is 3.82. The van der Waals surface area contributed by atoms with Gasteiger partial charge in [0.2, 0.25) is 0 Å². The van der Waals surface area contributed by atoms with Crippen molar-refractivity contribution in [2.45, 2.75) is 12.5 Å². The Hall–Kier alpha value is -2.62. The van der Waals surface area contributed by atoms with Gasteiger partial charge in [-0.3, -0.25) is 0 Å². The lowest BCUT2D eigenvalue weighted by Crippen LogP contribution is -2.11. The van der Waals surface area contributed by atoms with E-state index >= 15 is 0 Å². The molecule has 2 aromatic carbocycles. The number of halogens is 1. The van der Waals surface area contributed by atoms with E-state index in [2.05, 4.69) is 0 Å². The Morgan fingerprint density at radius 3 is 2.57 bits per heavy atom. The van der Waals surface area contributed by atoms with Crippen molar-refractivity contribution in [3.05, 3.63) is 71.0 Å². The molecule has 3 rings (SSSR count). The average Bonchev–Trinajstić information content (AvgIpc) is 2.67. The highest BCUT2D eigenvalue weighted by molar-refractivity contribution is 5.93. The number of rotatable bonds is 2. The summed E-state index contributed by atoms with van der Waals surface area (Å²) in [6, 6.07) is 13.2. The smallest absolute Gasteiger partial charge is 0.331 e. The monoisotopic (exact) mass is 284 g/mol. The van der Waals surface area contributed by atoms with Crippen LogP contribution < -0.4 is 4.74 Å². The van der Waals surface area contributed by atoms with Crippen molar-refractivity contribution in [1.29, 1.82) is 0 Å². The molecule has 106 valence electrons. The second kappa shape index (κ2) is 5.40. The lowest BCUT2D eigenvalue weighted by molar-refractivity contribution is -0.132. The molecule has 1 N–H and O–H groups in total. The van der Waals surface area contributed by atoms with Crippen molar-refractivity contribution in [3.8, 4) is 5.75 Å². The SMILES string of the molecule is O=C(O)C1=Cc2ccccc2OC(c2ccc(F)cc2)C1. The molecular formula is C17H13FO3. The van der Waals surface area contributed by atoms with Crippen molar-refractivity contribution < 1.29 is 19.0 Å². The lowest BCUT2D eigenvalue weighted by atomic mass is 10.0. The van der Waals surface area contributed by atoms with E-state index in [1.165, 1.54) is 12.1 Å². The third-order valence-electron chi connectivity index (χ3n) is 3.44. The van der Waals surface area contributed by atoms with E-state index in [-0.39, 0.29) is 17.8 Å². The van der Waals surface area contributed by atoms with Crippen LogP contribution in [-0.4, -0.2) is 11.1 Å². The minimum atomic E-state index is -0.970. The van der Waals surface area contributed by atoms with Crippen molar-refractivity contribution in [3.63, 3.8) is 0 Å². The van der Waals surface area contributed by atoms with E-state index in [1.54, 1.807) is 24.3 Å². The van der Waals surface area contributed by atoms with E-state index < -0.39 is 12.1 Å². The van der Waals surface area contributed by atoms with Gasteiger partial charge in [0.05, 0.1) is 0 Å². The summed E-state index contributed by atoms with van der Waals surface area (Å²) in [5, 5.41) is 9.31. The summed E-state index contributed by atoms with van der Waals surface area (Å²) in [5.74, 6) is -0.674. The third-order valence-corrected chi connectivity index (χ3v) is 3.44. The van der Waals surface area contributed by atoms with Gasteiger partial charge in [-0.1, -0.05) is 30.3 Å². The number of carbonyl (C=O) groups is 1. The zero-order valence-corrected chi connectivity index (χ0v) is 11.1. The topological polar surface area (TPSA) is 46.5 Å². The predicted molar refractivity (Wildman–Crippen MR) is 76.4 cm³/mol. The molecule has 3 nitrogen and oxygen atoms in total. The molecule has 1 heterocycles. The number of carboxylic acids is 1. The first kappa shape index (κ1) is 13.4. The number of hydrogen-bond donors (Lipinski definition) is 1. The Labute approximate surface area is 121 Å². The third kappa shape index (κ3) is 2.79. The number of fused-ring (bicyclic) bond motifs is 1. The number of ether oxygens (including phenoxy) is 1. The molecule has 0 aliphatic carbocycles. The van der Waals surface area contributed by atoms with Crippen LogP contribution in [0, 0.1) is 5.82 Å². The fraction of sp³-hybridized carbons (Fsp3) is 0.118. The van der Waals surface area contributed by atoms with Crippen LogP contribution in [0.15, 0.2) is 54.1 Å². The molecule has 2 aromatic rings. The maximum Gasteiger partial charge on any atom is 0.331 e. The van der Waals surface area contributed by atoms with Crippen molar-refractivity contribution in [2.24, 2.45) is 0 Å². The Morgan fingerprint density at radius 1 is 1.14 bits per heavy atom. The maximum atomic E-state index is 13.0. The summed E-state index contributed by atoms with van der Waals surface area (Å²) in [7, 11) is 0. The normalized spacial score (nSPS) is 17.2. The van der Waals surface area contributed by atoms with Gasteiger partial charge in [0.25, 0.3) is 0 Å². The molecule has 1 unspecified atom stereocenters. The first-order chi connectivity index (χ1) is 10.1. The van der Waals surface area contributed by atoms with Gasteiger partial charge in [0, 0.05) is 17.6 Å². The Bertz CT molecular complexity index is 704. The quantitative estimate of drug-likeness (QED) is 0.912. The standard InChI is InChI=1S/C17H13FO3/c18-14-7-5-11(6-8-14)16-10-13(17(19)20)9-12-3-1-2-4-15(12)21-16/h1-9,16H,10H2,(H,19,20). The van der Waals surface area contributed by atoms with E-state index in [1.807, 2.05) is 18.2 Å². The van der Waals surface area contributed by atoms with Crippen LogP contribution in [-0.2, 0) is 4.79 Å². The number of para-hydroxylation sites is 1. The molecular weight excluding hydrogens is 271 g/mol. The zero-order valence-electron chi connectivity index (χ0n) is 11.1. The highest BCUT2D eigenvalue weighted by atomic mass is 19.1. The summed E-state index contributed by atoms with van der Waals surface area (Å²) >= 11 is 0. The largest absolute Gasteiger partial charge is 0.485 e. The molecule has 0 fully saturated rings. The number of carboxylic acid groups (broad SMARTS) is 1. The zero-order chi connectivity index (χ0) is 14.8. The summed E-state index contributed by atoms with van der Waals surface area (Å²) < 4.78 is 19.0. The molecule has 1 aliphatic rings. The van der Waals surface area contributed by atoms with Crippen molar-refractivity contribution in [1.82, 2.24) is 0 Å². The molecule has 1 aliphatic heterocycles. The van der Waals surface area contributed by atoms with E-state index in [9.17, 15) is 14.3 Å². The molecule has 0 spiro atoms. The Balaban J connectivity index is 2.03. The van der Waals surface area contributed by atoms with Crippen LogP contribution in [0.25, 0.3) is 6.08 Å². The van der Waals surface area contributed by atoms with Crippen molar-refractivity contribution >= 4 is 12.0 Å². The molecule has 0 radical (unpaired) electrons. The molecule has 0 saturated carbocycles. The van der Waals surface area contributed by atoms with Gasteiger partial charge in [-0.15, -0.1) is 0 Å². The number of aliphatic carboxylic acids is 1. The van der Waals surface area contributed by atoms with Gasteiger partial charge in [-0.05, 0) is 29.8 Å². The number of benzene rings is 2. The summed E-state index contributed by atoms with van der Waals surface area (Å²) in [6.45, 7) is 0. The minimum Gasteiger partial charge on any atom is -0.485 e. The van der Waals surface area contributed by atoms with Gasteiger partial charge in [0.15, 0.2) is 0 Å². The highest BCUT2D eigenvalue weighted by Gasteiger charge is 2.23. The molecule has 1 atom stereocenters. The van der Waals surface area contributed by atoms with Gasteiger partial charge in [0.1, 0.15) is 17.7 Å². The van der Waals surface area contributed by atoms with E-state index in [4.69, 9.17) is 4.74 Å². The Morgan fingerprint density at radius 2 is 1.86 bits per heavy atom. The van der Waals surface area contributed by atoms with Crippen LogP contribution in [0.2, 0.25) is 0 Å². The Kier molecular flexibility index (Phi) is 3.44. The molecule has 4 heteroatoms. The van der Waals surface area contributed by atoms with E-state index in [0.29, 0.717) is 5.75 Å². The van der Waals surface area contributed by atoms with Gasteiger partial charge in [-0.2, -0.15) is 0 Å². The van der Waals surface area contributed by atoms with Gasteiger partial charge in [-0.25, -0.2) is 9.18 Å². The second-order valence-corrected chi connectivity index (χ2v) is 4.87. The van der Waals surface area contributed by atoms with Crippen LogP contribution in [0.5, 0.6) is 5.75 Å². The number of hydrogen-bond acceptors (Lipinski definition) is 2. The van der Waals surface area contributed by atoms with Crippen LogP contribution in [0.1, 0.15) is 23.7 Å². The lowest BCUT2D eigenvalue weighted by Gasteiger charge is -2.18. The molecule has 0 amide bonds. The average molecular weight is 284 g/mol. The molecule has 0 bridgehead atoms. The van der Waals surface area contributed by atoms with Gasteiger partial charge < -0.3 is 9.84 Å². The fourth-order valence-corrected chi connectivity index (χ4v) is 2.36. The first-order valence-electron chi connectivity index (χ1n) is 6.58. The van der Waals surface area contributed by atoms with Crippen LogP contribution in [0.4, 0.5) is 4.39 Å². The van der Waals surface area contributed by atoms with Crippen LogP contribution in [0.3, 0.4) is 0 Å². The molecule has 0 aromatic heterocycles. The minimum absolute atomic E-state index is 0.232. The van der Waals surface area contributed by atoms with Crippen LogP contribution >= 0.6 is 0 Å². The summed E-state index contributed by atoms with van der Waals surface area (Å²) in [5.41, 5.74) is 1.76. The maximum absolute atomic E-state index is 13.0. The summed E-state index contributed by atoms with van der Waals surface area (Å²) in [4.78, 5) is 11.4. The first-order valence-corrected chi connectivity index (χ1v) is 6.58. The molecule has 21 heavy (non-hydrogen) atoms. The fourth-order valence-electron chi connectivity index (χ4n) is 2.36. The highest BCUT2D eigenvalue weighted by Crippen LogP contribution is 2.35.